The van der Waals surface area contributed by atoms with Crippen LogP contribution in [0.4, 0.5) is 11.4 Å². The van der Waals surface area contributed by atoms with E-state index in [9.17, 15) is 0 Å². The van der Waals surface area contributed by atoms with Gasteiger partial charge >= 0.3 is 0 Å². The van der Waals surface area contributed by atoms with Gasteiger partial charge in [0.1, 0.15) is 6.33 Å². The lowest BCUT2D eigenvalue weighted by Crippen LogP contribution is -2.20. The number of aryl methyl sites for hydroxylation is 1. The molecule has 1 heterocycles. The van der Waals surface area contributed by atoms with E-state index in [0.29, 0.717) is 16.9 Å². The van der Waals surface area contributed by atoms with Gasteiger partial charge in [-0.3, -0.25) is 0 Å². The summed E-state index contributed by atoms with van der Waals surface area (Å²) in [4.78, 5) is 4.52. The summed E-state index contributed by atoms with van der Waals surface area (Å²) < 4.78 is 1.80. The van der Waals surface area contributed by atoms with Gasteiger partial charge in [0, 0.05) is 16.9 Å². The van der Waals surface area contributed by atoms with Crippen LogP contribution in [0.5, 0.6) is 0 Å². The molecule has 4 aromatic carbocycles. The zero-order valence-electron chi connectivity index (χ0n) is 20.0. The summed E-state index contributed by atoms with van der Waals surface area (Å²) in [5.74, 6) is 1.11. The van der Waals surface area contributed by atoms with E-state index in [2.05, 4.69) is 102 Å². The van der Waals surface area contributed by atoms with Crippen LogP contribution >= 0.6 is 12.2 Å². The normalized spacial score (nSPS) is 11.1. The minimum Gasteiger partial charge on any atom is -0.332 e. The molecule has 174 valence electrons. The summed E-state index contributed by atoms with van der Waals surface area (Å²) in [5.41, 5.74) is 6.39. The molecule has 0 saturated heterocycles. The SMILES string of the molecule is Cc1ccc(-n2cnc(-c3ccc4cc(NC(=S)Nc5ccccc5C(C)C)ccc4c3)n2)cc1. The highest BCUT2D eigenvalue weighted by Crippen LogP contribution is 2.26. The molecule has 5 rings (SSSR count). The van der Waals surface area contributed by atoms with Crippen molar-refractivity contribution in [3.63, 3.8) is 0 Å². The van der Waals surface area contributed by atoms with Crippen LogP contribution in [0.2, 0.25) is 0 Å². The van der Waals surface area contributed by atoms with E-state index in [1.807, 2.05) is 24.3 Å². The summed E-state index contributed by atoms with van der Waals surface area (Å²) in [6.07, 6.45) is 1.75. The average Bonchev–Trinajstić information content (AvgIpc) is 3.34. The number of fused-ring (bicyclic) bond motifs is 1. The molecule has 35 heavy (non-hydrogen) atoms. The number of hydrogen-bond acceptors (Lipinski definition) is 3. The number of benzene rings is 4. The van der Waals surface area contributed by atoms with Crippen molar-refractivity contribution in [2.24, 2.45) is 0 Å². The van der Waals surface area contributed by atoms with Gasteiger partial charge < -0.3 is 10.6 Å². The lowest BCUT2D eigenvalue weighted by atomic mass is 10.0. The fourth-order valence-corrected chi connectivity index (χ4v) is 4.31. The first-order valence-electron chi connectivity index (χ1n) is 11.7. The lowest BCUT2D eigenvalue weighted by Gasteiger charge is -2.16. The Bertz CT molecular complexity index is 1500. The Balaban J connectivity index is 1.32. The molecular weight excluding hydrogens is 450 g/mol. The van der Waals surface area contributed by atoms with Crippen molar-refractivity contribution < 1.29 is 0 Å². The summed E-state index contributed by atoms with van der Waals surface area (Å²) in [7, 11) is 0. The molecular formula is C29H27N5S. The number of rotatable bonds is 5. The van der Waals surface area contributed by atoms with E-state index in [4.69, 9.17) is 12.2 Å². The number of hydrogen-bond donors (Lipinski definition) is 2. The van der Waals surface area contributed by atoms with E-state index in [-0.39, 0.29) is 0 Å². The van der Waals surface area contributed by atoms with Crippen LogP contribution in [0.3, 0.4) is 0 Å². The van der Waals surface area contributed by atoms with E-state index in [1.165, 1.54) is 11.1 Å². The molecule has 0 amide bonds. The Morgan fingerprint density at radius 2 is 1.60 bits per heavy atom. The van der Waals surface area contributed by atoms with E-state index >= 15 is 0 Å². The number of para-hydroxylation sites is 1. The lowest BCUT2D eigenvalue weighted by molar-refractivity contribution is 0.869. The Kier molecular flexibility index (Phi) is 6.29. The first-order valence-corrected chi connectivity index (χ1v) is 12.1. The molecule has 0 spiro atoms. The standard InChI is InChI=1S/C29H27N5S/c1-19(2)26-6-4-5-7-27(26)32-29(35)31-24-13-12-21-16-23(11-10-22(21)17-24)28-30-18-34(33-28)25-14-8-20(3)9-15-25/h4-19H,1-3H3,(H2,31,32,35). The minimum atomic E-state index is 0.411. The molecule has 0 saturated carbocycles. The van der Waals surface area contributed by atoms with Gasteiger partial charge in [-0.25, -0.2) is 9.67 Å². The number of thiocarbonyl (C=S) groups is 1. The Labute approximate surface area is 210 Å². The number of aromatic nitrogens is 3. The van der Waals surface area contributed by atoms with Crippen molar-refractivity contribution in [1.29, 1.82) is 0 Å². The number of anilines is 2. The molecule has 0 aliphatic heterocycles. The highest BCUT2D eigenvalue weighted by Gasteiger charge is 2.09. The second kappa shape index (κ2) is 9.68. The fourth-order valence-electron chi connectivity index (χ4n) is 4.08. The molecule has 5 aromatic rings. The van der Waals surface area contributed by atoms with Crippen molar-refractivity contribution >= 4 is 39.5 Å². The molecule has 0 atom stereocenters. The molecule has 0 aliphatic carbocycles. The molecule has 0 fully saturated rings. The van der Waals surface area contributed by atoms with Crippen LogP contribution < -0.4 is 10.6 Å². The second-order valence-electron chi connectivity index (χ2n) is 8.95. The van der Waals surface area contributed by atoms with Crippen molar-refractivity contribution in [3.8, 4) is 17.1 Å². The van der Waals surface area contributed by atoms with E-state index in [0.717, 1.165) is 33.4 Å². The maximum atomic E-state index is 5.58. The van der Waals surface area contributed by atoms with Crippen molar-refractivity contribution in [1.82, 2.24) is 14.8 Å². The summed E-state index contributed by atoms with van der Waals surface area (Å²) in [6, 6.07) is 29.0. The predicted molar refractivity (Wildman–Crippen MR) is 149 cm³/mol. The molecule has 0 radical (unpaired) electrons. The first-order chi connectivity index (χ1) is 17.0. The van der Waals surface area contributed by atoms with Crippen LogP contribution in [-0.2, 0) is 0 Å². The maximum Gasteiger partial charge on any atom is 0.181 e. The van der Waals surface area contributed by atoms with Gasteiger partial charge in [-0.1, -0.05) is 67.9 Å². The fraction of sp³-hybridized carbons (Fsp3) is 0.138. The zero-order valence-corrected chi connectivity index (χ0v) is 20.8. The molecule has 6 heteroatoms. The molecule has 0 bridgehead atoms. The second-order valence-corrected chi connectivity index (χ2v) is 9.35. The highest BCUT2D eigenvalue weighted by molar-refractivity contribution is 7.80. The summed E-state index contributed by atoms with van der Waals surface area (Å²) in [5, 5.41) is 14.1. The van der Waals surface area contributed by atoms with E-state index < -0.39 is 0 Å². The average molecular weight is 478 g/mol. The number of nitrogens with one attached hydrogen (secondary N) is 2. The monoisotopic (exact) mass is 477 g/mol. The van der Waals surface area contributed by atoms with Gasteiger partial charge in [0.25, 0.3) is 0 Å². The van der Waals surface area contributed by atoms with Crippen LogP contribution in [0.1, 0.15) is 30.9 Å². The van der Waals surface area contributed by atoms with E-state index in [1.54, 1.807) is 11.0 Å². The van der Waals surface area contributed by atoms with Gasteiger partial charge in [0.2, 0.25) is 0 Å². The van der Waals surface area contributed by atoms with Crippen LogP contribution in [0, 0.1) is 6.92 Å². The van der Waals surface area contributed by atoms with Crippen molar-refractivity contribution in [2.45, 2.75) is 26.7 Å². The third kappa shape index (κ3) is 5.08. The predicted octanol–water partition coefficient (Wildman–Crippen LogP) is 7.33. The smallest absolute Gasteiger partial charge is 0.181 e. The summed E-state index contributed by atoms with van der Waals surface area (Å²) in [6.45, 7) is 6.43. The maximum absolute atomic E-state index is 5.58. The molecule has 0 unspecified atom stereocenters. The minimum absolute atomic E-state index is 0.411. The van der Waals surface area contributed by atoms with Gasteiger partial charge in [0.05, 0.1) is 5.69 Å². The topological polar surface area (TPSA) is 54.8 Å². The van der Waals surface area contributed by atoms with Gasteiger partial charge in [-0.2, -0.15) is 0 Å². The first kappa shape index (κ1) is 22.7. The van der Waals surface area contributed by atoms with Crippen molar-refractivity contribution in [3.05, 3.63) is 102 Å². The van der Waals surface area contributed by atoms with Gasteiger partial charge in [-0.05, 0) is 77.8 Å². The third-order valence-electron chi connectivity index (χ3n) is 5.98. The van der Waals surface area contributed by atoms with Crippen molar-refractivity contribution in [2.75, 3.05) is 10.6 Å². The van der Waals surface area contributed by atoms with Crippen LogP contribution in [-0.4, -0.2) is 19.9 Å². The Morgan fingerprint density at radius 1 is 0.857 bits per heavy atom. The zero-order chi connectivity index (χ0) is 24.4. The molecule has 0 aliphatic rings. The van der Waals surface area contributed by atoms with Crippen LogP contribution in [0.25, 0.3) is 27.8 Å². The Morgan fingerprint density at radius 3 is 2.40 bits per heavy atom. The quantitative estimate of drug-likeness (QED) is 0.260. The summed E-state index contributed by atoms with van der Waals surface area (Å²) >= 11 is 5.58. The molecule has 2 N–H and O–H groups in total. The van der Waals surface area contributed by atoms with Gasteiger partial charge in [-0.15, -0.1) is 5.10 Å². The highest BCUT2D eigenvalue weighted by atomic mass is 32.1. The van der Waals surface area contributed by atoms with Crippen LogP contribution in [0.15, 0.2) is 91.3 Å². The third-order valence-corrected chi connectivity index (χ3v) is 6.18. The molecule has 5 nitrogen and oxygen atoms in total. The Hall–Kier alpha value is -4.03. The largest absolute Gasteiger partial charge is 0.332 e. The molecule has 1 aromatic heterocycles. The number of nitrogens with zero attached hydrogens (tertiary/aromatic N) is 3. The van der Waals surface area contributed by atoms with Gasteiger partial charge in [0.15, 0.2) is 10.9 Å².